The fourth-order valence-electron chi connectivity index (χ4n) is 2.62. The fraction of sp³-hybridized carbons (Fsp3) is 0.562. The van der Waals surface area contributed by atoms with Gasteiger partial charge in [-0.15, -0.1) is 0 Å². The highest BCUT2D eigenvalue weighted by atomic mass is 35.5. The minimum atomic E-state index is -3.02. The van der Waals surface area contributed by atoms with Gasteiger partial charge in [-0.3, -0.25) is 4.79 Å². The van der Waals surface area contributed by atoms with Gasteiger partial charge < -0.3 is 9.64 Å². The SMILES string of the molecule is CCCCN(C(=O)COc1ccc(Cl)cc1)C1CCS(=O)(=O)C1. The van der Waals surface area contributed by atoms with E-state index < -0.39 is 9.84 Å². The average molecular weight is 360 g/mol. The monoisotopic (exact) mass is 359 g/mol. The number of hydrogen-bond acceptors (Lipinski definition) is 4. The van der Waals surface area contributed by atoms with Crippen LogP contribution in [0.4, 0.5) is 0 Å². The van der Waals surface area contributed by atoms with Gasteiger partial charge in [0.25, 0.3) is 5.91 Å². The van der Waals surface area contributed by atoms with E-state index in [2.05, 4.69) is 0 Å². The van der Waals surface area contributed by atoms with Crippen LogP contribution in [0.1, 0.15) is 26.2 Å². The van der Waals surface area contributed by atoms with Crippen molar-refractivity contribution >= 4 is 27.3 Å². The summed E-state index contributed by atoms with van der Waals surface area (Å²) in [5.41, 5.74) is 0. The number of amides is 1. The van der Waals surface area contributed by atoms with Crippen LogP contribution in [0, 0.1) is 0 Å². The molecule has 0 aromatic heterocycles. The van der Waals surface area contributed by atoms with Crippen LogP contribution in [0.25, 0.3) is 0 Å². The number of benzene rings is 1. The zero-order valence-electron chi connectivity index (χ0n) is 13.2. The fourth-order valence-corrected chi connectivity index (χ4v) is 4.48. The van der Waals surface area contributed by atoms with Crippen molar-refractivity contribution in [2.75, 3.05) is 24.7 Å². The molecule has 7 heteroatoms. The van der Waals surface area contributed by atoms with Gasteiger partial charge in [-0.25, -0.2) is 8.42 Å². The third kappa shape index (κ3) is 5.39. The van der Waals surface area contributed by atoms with Crippen molar-refractivity contribution in [2.45, 2.75) is 32.2 Å². The lowest BCUT2D eigenvalue weighted by Crippen LogP contribution is -2.44. The van der Waals surface area contributed by atoms with Crippen molar-refractivity contribution in [2.24, 2.45) is 0 Å². The van der Waals surface area contributed by atoms with Crippen molar-refractivity contribution in [3.63, 3.8) is 0 Å². The van der Waals surface area contributed by atoms with Crippen molar-refractivity contribution in [1.29, 1.82) is 0 Å². The van der Waals surface area contributed by atoms with Crippen LogP contribution in [0.15, 0.2) is 24.3 Å². The summed E-state index contributed by atoms with van der Waals surface area (Å²) >= 11 is 5.81. The number of carbonyl (C=O) groups excluding carboxylic acids is 1. The predicted molar refractivity (Wildman–Crippen MR) is 90.6 cm³/mol. The summed E-state index contributed by atoms with van der Waals surface area (Å²) in [5.74, 6) is 0.613. The van der Waals surface area contributed by atoms with Crippen LogP contribution in [-0.2, 0) is 14.6 Å². The van der Waals surface area contributed by atoms with E-state index >= 15 is 0 Å². The first-order valence-corrected chi connectivity index (χ1v) is 9.99. The average Bonchev–Trinajstić information content (AvgIpc) is 2.87. The van der Waals surface area contributed by atoms with Crippen molar-refractivity contribution < 1.29 is 17.9 Å². The second-order valence-corrected chi connectivity index (χ2v) is 8.41. The summed E-state index contributed by atoms with van der Waals surface area (Å²) in [6.07, 6.45) is 2.31. The zero-order valence-corrected chi connectivity index (χ0v) is 14.8. The molecule has 1 aromatic rings. The molecule has 0 bridgehead atoms. The number of rotatable bonds is 7. The highest BCUT2D eigenvalue weighted by Crippen LogP contribution is 2.20. The number of ether oxygens (including phenoxy) is 1. The lowest BCUT2D eigenvalue weighted by Gasteiger charge is -2.28. The molecular weight excluding hydrogens is 338 g/mol. The molecule has 5 nitrogen and oxygen atoms in total. The van der Waals surface area contributed by atoms with E-state index in [1.165, 1.54) is 0 Å². The normalized spacial score (nSPS) is 19.5. The molecule has 1 heterocycles. The molecule has 0 spiro atoms. The first-order chi connectivity index (χ1) is 10.9. The molecule has 1 amide bonds. The van der Waals surface area contributed by atoms with Gasteiger partial charge in [0.2, 0.25) is 0 Å². The molecular formula is C16H22ClNO4S. The standard InChI is InChI=1S/C16H22ClNO4S/c1-2-3-9-18(14-8-10-23(20,21)12-14)16(19)11-22-15-6-4-13(17)5-7-15/h4-7,14H,2-3,8-12H2,1H3. The van der Waals surface area contributed by atoms with Gasteiger partial charge in [0.15, 0.2) is 16.4 Å². The number of hydrogen-bond donors (Lipinski definition) is 0. The molecule has 1 atom stereocenters. The third-order valence-electron chi connectivity index (χ3n) is 3.90. The number of unbranched alkanes of at least 4 members (excludes halogenated alkanes) is 1. The summed E-state index contributed by atoms with van der Waals surface area (Å²) in [7, 11) is -3.02. The third-order valence-corrected chi connectivity index (χ3v) is 5.90. The Morgan fingerprint density at radius 2 is 2.04 bits per heavy atom. The summed E-state index contributed by atoms with van der Waals surface area (Å²) in [6.45, 7) is 2.51. The molecule has 2 rings (SSSR count). The van der Waals surface area contributed by atoms with Gasteiger partial charge in [0.1, 0.15) is 5.75 Å². The Morgan fingerprint density at radius 1 is 1.35 bits per heavy atom. The molecule has 1 unspecified atom stereocenters. The number of sulfone groups is 1. The maximum absolute atomic E-state index is 12.5. The summed E-state index contributed by atoms with van der Waals surface area (Å²) < 4.78 is 28.8. The van der Waals surface area contributed by atoms with Crippen LogP contribution in [0.5, 0.6) is 5.75 Å². The maximum Gasteiger partial charge on any atom is 0.260 e. The van der Waals surface area contributed by atoms with E-state index in [-0.39, 0.29) is 30.1 Å². The molecule has 0 aliphatic carbocycles. The van der Waals surface area contributed by atoms with Crippen LogP contribution in [0.3, 0.4) is 0 Å². The topological polar surface area (TPSA) is 63.7 Å². The summed E-state index contributed by atoms with van der Waals surface area (Å²) in [6, 6.07) is 6.56. The van der Waals surface area contributed by atoms with Gasteiger partial charge in [-0.05, 0) is 37.1 Å². The van der Waals surface area contributed by atoms with E-state index in [1.54, 1.807) is 29.2 Å². The quantitative estimate of drug-likeness (QED) is 0.750. The lowest BCUT2D eigenvalue weighted by atomic mass is 10.2. The Labute approximate surface area is 142 Å². The number of carbonyl (C=O) groups is 1. The first-order valence-electron chi connectivity index (χ1n) is 7.79. The summed E-state index contributed by atoms with van der Waals surface area (Å²) in [4.78, 5) is 14.1. The van der Waals surface area contributed by atoms with Crippen LogP contribution in [0.2, 0.25) is 5.02 Å². The molecule has 0 N–H and O–H groups in total. The minimum Gasteiger partial charge on any atom is -0.484 e. The largest absolute Gasteiger partial charge is 0.484 e. The molecule has 23 heavy (non-hydrogen) atoms. The van der Waals surface area contributed by atoms with Gasteiger partial charge >= 0.3 is 0 Å². The predicted octanol–water partition coefficient (Wildman–Crippen LogP) is 2.53. The van der Waals surface area contributed by atoms with E-state index in [1.807, 2.05) is 6.92 Å². The Balaban J connectivity index is 1.97. The second-order valence-electron chi connectivity index (χ2n) is 5.74. The highest BCUT2D eigenvalue weighted by molar-refractivity contribution is 7.91. The lowest BCUT2D eigenvalue weighted by molar-refractivity contribution is -0.135. The first kappa shape index (κ1) is 18.1. The van der Waals surface area contributed by atoms with E-state index in [4.69, 9.17) is 16.3 Å². The molecule has 128 valence electrons. The molecule has 1 aliphatic rings. The minimum absolute atomic E-state index is 0.0589. The maximum atomic E-state index is 12.5. The second kappa shape index (κ2) is 8.02. The van der Waals surface area contributed by atoms with Crippen LogP contribution >= 0.6 is 11.6 Å². The molecule has 0 saturated carbocycles. The molecule has 1 aromatic carbocycles. The Bertz CT molecular complexity index is 630. The number of halogens is 1. The number of nitrogens with zero attached hydrogens (tertiary/aromatic N) is 1. The Hall–Kier alpha value is -1.27. The Morgan fingerprint density at radius 3 is 2.61 bits per heavy atom. The van der Waals surface area contributed by atoms with Crippen LogP contribution < -0.4 is 4.74 Å². The van der Waals surface area contributed by atoms with Gasteiger partial charge in [-0.1, -0.05) is 24.9 Å². The van der Waals surface area contributed by atoms with E-state index in [9.17, 15) is 13.2 Å². The van der Waals surface area contributed by atoms with Crippen molar-refractivity contribution in [3.05, 3.63) is 29.3 Å². The Kier molecular flexibility index (Phi) is 6.30. The molecule has 0 radical (unpaired) electrons. The summed E-state index contributed by atoms with van der Waals surface area (Å²) in [5, 5.41) is 0.601. The van der Waals surface area contributed by atoms with E-state index in [0.29, 0.717) is 23.7 Å². The van der Waals surface area contributed by atoms with E-state index in [0.717, 1.165) is 12.8 Å². The van der Waals surface area contributed by atoms with Gasteiger partial charge in [0, 0.05) is 17.6 Å². The molecule has 1 fully saturated rings. The van der Waals surface area contributed by atoms with Crippen molar-refractivity contribution in [1.82, 2.24) is 4.90 Å². The molecule has 1 saturated heterocycles. The van der Waals surface area contributed by atoms with Crippen molar-refractivity contribution in [3.8, 4) is 5.75 Å². The molecule has 1 aliphatic heterocycles. The smallest absolute Gasteiger partial charge is 0.260 e. The highest BCUT2D eigenvalue weighted by Gasteiger charge is 2.34. The van der Waals surface area contributed by atoms with Gasteiger partial charge in [0.05, 0.1) is 11.5 Å². The van der Waals surface area contributed by atoms with Gasteiger partial charge in [-0.2, -0.15) is 0 Å². The van der Waals surface area contributed by atoms with Crippen LogP contribution in [-0.4, -0.2) is 49.9 Å². The zero-order chi connectivity index (χ0) is 16.9.